The molecule has 2 N–H and O–H groups in total. The van der Waals surface area contributed by atoms with E-state index in [2.05, 4.69) is 20.5 Å². The Hall–Kier alpha value is -1.71. The maximum absolute atomic E-state index is 12.1. The first-order valence-corrected chi connectivity index (χ1v) is 8.50. The Kier molecular flexibility index (Phi) is 7.24. The van der Waals surface area contributed by atoms with Crippen LogP contribution in [0, 0.1) is 0 Å². The quantitative estimate of drug-likeness (QED) is 0.703. The molecular weight excluding hydrogens is 318 g/mol. The highest BCUT2D eigenvalue weighted by atomic mass is 32.1. The first-order chi connectivity index (χ1) is 11.2. The van der Waals surface area contributed by atoms with E-state index in [1.54, 1.807) is 18.2 Å². The molecule has 0 radical (unpaired) electrons. The van der Waals surface area contributed by atoms with E-state index in [1.807, 2.05) is 5.38 Å². The number of nitrogens with one attached hydrogen (secondary N) is 2. The van der Waals surface area contributed by atoms with Crippen LogP contribution in [0.25, 0.3) is 0 Å². The standard InChI is InChI=1S/C14H23N5O3S/c1-22-9-2-3-15-12(20)11-18-5-7-19(8-6-18)14(21)17-13-16-4-10-23-13/h4,10H,2-3,5-9,11H2,1H3,(H,15,20)(H,16,17,21). The molecule has 0 aromatic carbocycles. The molecule has 3 amide bonds. The number of hydrogen-bond acceptors (Lipinski definition) is 6. The van der Waals surface area contributed by atoms with Gasteiger partial charge in [0, 0.05) is 58.0 Å². The number of ether oxygens (including phenoxy) is 1. The number of thiazole rings is 1. The molecule has 1 fully saturated rings. The summed E-state index contributed by atoms with van der Waals surface area (Å²) in [7, 11) is 1.64. The lowest BCUT2D eigenvalue weighted by Gasteiger charge is -2.34. The summed E-state index contributed by atoms with van der Waals surface area (Å²) in [5.41, 5.74) is 0. The highest BCUT2D eigenvalue weighted by Crippen LogP contribution is 2.12. The van der Waals surface area contributed by atoms with Gasteiger partial charge in [-0.05, 0) is 6.42 Å². The lowest BCUT2D eigenvalue weighted by Crippen LogP contribution is -2.52. The van der Waals surface area contributed by atoms with Crippen molar-refractivity contribution in [3.05, 3.63) is 11.6 Å². The summed E-state index contributed by atoms with van der Waals surface area (Å²) in [5, 5.41) is 8.06. The van der Waals surface area contributed by atoms with Crippen molar-refractivity contribution in [2.24, 2.45) is 0 Å². The molecule has 9 heteroatoms. The molecule has 1 aliphatic heterocycles. The van der Waals surface area contributed by atoms with Crippen LogP contribution in [0.5, 0.6) is 0 Å². The molecule has 23 heavy (non-hydrogen) atoms. The highest BCUT2D eigenvalue weighted by molar-refractivity contribution is 7.13. The van der Waals surface area contributed by atoms with Gasteiger partial charge in [0.2, 0.25) is 5.91 Å². The maximum atomic E-state index is 12.1. The van der Waals surface area contributed by atoms with E-state index in [1.165, 1.54) is 11.3 Å². The van der Waals surface area contributed by atoms with Gasteiger partial charge in [0.1, 0.15) is 0 Å². The summed E-state index contributed by atoms with van der Waals surface area (Å²) in [6.45, 7) is 4.24. The Morgan fingerprint density at radius 3 is 2.78 bits per heavy atom. The molecule has 2 heterocycles. The van der Waals surface area contributed by atoms with Crippen LogP contribution in [0.1, 0.15) is 6.42 Å². The molecule has 0 atom stereocenters. The third kappa shape index (κ3) is 6.12. The van der Waals surface area contributed by atoms with Crippen LogP contribution in [0.4, 0.5) is 9.93 Å². The Balaban J connectivity index is 1.63. The predicted molar refractivity (Wildman–Crippen MR) is 88.6 cm³/mol. The molecule has 128 valence electrons. The molecule has 1 saturated heterocycles. The van der Waals surface area contributed by atoms with Crippen molar-refractivity contribution in [2.75, 3.05) is 58.3 Å². The fourth-order valence-electron chi connectivity index (χ4n) is 2.27. The van der Waals surface area contributed by atoms with Gasteiger partial charge >= 0.3 is 6.03 Å². The summed E-state index contributed by atoms with van der Waals surface area (Å²) in [4.78, 5) is 31.7. The smallest absolute Gasteiger partial charge is 0.323 e. The van der Waals surface area contributed by atoms with Crippen LogP contribution in [0.15, 0.2) is 11.6 Å². The monoisotopic (exact) mass is 341 g/mol. The van der Waals surface area contributed by atoms with Crippen LogP contribution >= 0.6 is 11.3 Å². The number of piperazine rings is 1. The number of amides is 3. The summed E-state index contributed by atoms with van der Waals surface area (Å²) in [6.07, 6.45) is 2.47. The van der Waals surface area contributed by atoms with Gasteiger partial charge in [0.15, 0.2) is 5.13 Å². The van der Waals surface area contributed by atoms with Gasteiger partial charge in [0.25, 0.3) is 0 Å². The van der Waals surface area contributed by atoms with Crippen molar-refractivity contribution in [1.82, 2.24) is 20.1 Å². The van der Waals surface area contributed by atoms with Crippen LogP contribution in [-0.2, 0) is 9.53 Å². The van der Waals surface area contributed by atoms with E-state index in [-0.39, 0.29) is 11.9 Å². The topological polar surface area (TPSA) is 86.8 Å². The van der Waals surface area contributed by atoms with E-state index in [0.717, 1.165) is 6.42 Å². The first kappa shape index (κ1) is 17.6. The Morgan fingerprint density at radius 1 is 1.35 bits per heavy atom. The van der Waals surface area contributed by atoms with Crippen molar-refractivity contribution < 1.29 is 14.3 Å². The molecular formula is C14H23N5O3S. The van der Waals surface area contributed by atoms with E-state index < -0.39 is 0 Å². The Labute approximate surface area is 139 Å². The fraction of sp³-hybridized carbons (Fsp3) is 0.643. The van der Waals surface area contributed by atoms with E-state index in [9.17, 15) is 9.59 Å². The molecule has 2 rings (SSSR count). The van der Waals surface area contributed by atoms with E-state index in [0.29, 0.717) is 51.0 Å². The second-order valence-corrected chi connectivity index (χ2v) is 6.12. The summed E-state index contributed by atoms with van der Waals surface area (Å²) in [5.74, 6) is 0.0155. The minimum atomic E-state index is -0.136. The van der Waals surface area contributed by atoms with Gasteiger partial charge in [-0.3, -0.25) is 15.0 Å². The number of urea groups is 1. The zero-order chi connectivity index (χ0) is 16.5. The average Bonchev–Trinajstić information content (AvgIpc) is 3.05. The van der Waals surface area contributed by atoms with E-state index >= 15 is 0 Å². The van der Waals surface area contributed by atoms with Crippen LogP contribution in [0.3, 0.4) is 0 Å². The Bertz CT molecular complexity index is 489. The van der Waals surface area contributed by atoms with Crippen molar-refractivity contribution in [3.8, 4) is 0 Å². The van der Waals surface area contributed by atoms with Crippen LogP contribution in [-0.4, -0.2) is 79.7 Å². The number of nitrogens with zero attached hydrogens (tertiary/aromatic N) is 3. The lowest BCUT2D eigenvalue weighted by molar-refractivity contribution is -0.122. The van der Waals surface area contributed by atoms with Crippen molar-refractivity contribution in [2.45, 2.75) is 6.42 Å². The number of methoxy groups -OCH3 is 1. The van der Waals surface area contributed by atoms with Crippen LogP contribution < -0.4 is 10.6 Å². The van der Waals surface area contributed by atoms with Crippen molar-refractivity contribution in [3.63, 3.8) is 0 Å². The first-order valence-electron chi connectivity index (χ1n) is 7.62. The molecule has 1 aliphatic rings. The number of rotatable bonds is 7. The van der Waals surface area contributed by atoms with Gasteiger partial charge in [-0.25, -0.2) is 9.78 Å². The lowest BCUT2D eigenvalue weighted by atomic mass is 10.3. The Morgan fingerprint density at radius 2 is 2.13 bits per heavy atom. The van der Waals surface area contributed by atoms with Gasteiger partial charge in [-0.15, -0.1) is 11.3 Å². The van der Waals surface area contributed by atoms with Gasteiger partial charge in [0.05, 0.1) is 6.54 Å². The molecule has 0 spiro atoms. The number of anilines is 1. The molecule has 0 unspecified atom stereocenters. The normalized spacial score (nSPS) is 15.4. The van der Waals surface area contributed by atoms with Crippen molar-refractivity contribution in [1.29, 1.82) is 0 Å². The molecule has 0 bridgehead atoms. The number of hydrogen-bond donors (Lipinski definition) is 2. The van der Waals surface area contributed by atoms with E-state index in [4.69, 9.17) is 4.74 Å². The van der Waals surface area contributed by atoms with Gasteiger partial charge in [-0.2, -0.15) is 0 Å². The zero-order valence-corrected chi connectivity index (χ0v) is 14.1. The fourth-order valence-corrected chi connectivity index (χ4v) is 2.79. The van der Waals surface area contributed by atoms with Crippen LogP contribution in [0.2, 0.25) is 0 Å². The molecule has 0 aliphatic carbocycles. The minimum Gasteiger partial charge on any atom is -0.385 e. The molecule has 0 saturated carbocycles. The second kappa shape index (κ2) is 9.43. The highest BCUT2D eigenvalue weighted by Gasteiger charge is 2.22. The third-order valence-corrected chi connectivity index (χ3v) is 4.21. The average molecular weight is 341 g/mol. The zero-order valence-electron chi connectivity index (χ0n) is 13.3. The SMILES string of the molecule is COCCCNC(=O)CN1CCN(C(=O)Nc2nccs2)CC1. The number of carbonyl (C=O) groups is 2. The third-order valence-electron chi connectivity index (χ3n) is 3.52. The van der Waals surface area contributed by atoms with Crippen molar-refractivity contribution >= 4 is 28.4 Å². The molecule has 1 aromatic heterocycles. The number of carbonyl (C=O) groups excluding carboxylic acids is 2. The summed E-state index contributed by atoms with van der Waals surface area (Å²) in [6, 6.07) is -0.136. The largest absolute Gasteiger partial charge is 0.385 e. The molecule has 8 nitrogen and oxygen atoms in total. The predicted octanol–water partition coefficient (Wildman–Crippen LogP) is 0.445. The number of aromatic nitrogens is 1. The summed E-state index contributed by atoms with van der Waals surface area (Å²) >= 11 is 1.39. The minimum absolute atomic E-state index is 0.0155. The van der Waals surface area contributed by atoms with Gasteiger partial charge in [-0.1, -0.05) is 0 Å². The second-order valence-electron chi connectivity index (χ2n) is 5.23. The van der Waals surface area contributed by atoms with Gasteiger partial charge < -0.3 is 15.0 Å². The maximum Gasteiger partial charge on any atom is 0.323 e. The summed E-state index contributed by atoms with van der Waals surface area (Å²) < 4.78 is 4.94. The molecule has 1 aromatic rings.